The van der Waals surface area contributed by atoms with Crippen molar-refractivity contribution in [1.82, 2.24) is 15.1 Å². The zero-order valence-electron chi connectivity index (χ0n) is 12.9. The number of amides is 1. The molecule has 4 nitrogen and oxygen atoms in total. The van der Waals surface area contributed by atoms with Gasteiger partial charge in [-0.15, -0.1) is 0 Å². The Kier molecular flexibility index (Phi) is 6.96. The zero-order chi connectivity index (χ0) is 15.9. The molecule has 6 heteroatoms. The summed E-state index contributed by atoms with van der Waals surface area (Å²) in [6, 6.07) is 5.75. The number of nitrogens with one attached hydrogen (secondary N) is 1. The third kappa shape index (κ3) is 5.13. The van der Waals surface area contributed by atoms with Crippen molar-refractivity contribution in [2.45, 2.75) is 19.9 Å². The van der Waals surface area contributed by atoms with E-state index in [2.05, 4.69) is 22.0 Å². The summed E-state index contributed by atoms with van der Waals surface area (Å²) in [4.78, 5) is 16.3. The normalized spacial score (nSPS) is 16.7. The minimum Gasteiger partial charge on any atom is -0.355 e. The van der Waals surface area contributed by atoms with Crippen molar-refractivity contribution >= 4 is 29.1 Å². The van der Waals surface area contributed by atoms with Crippen LogP contribution in [-0.4, -0.2) is 55.0 Å². The number of rotatable bonds is 6. The van der Waals surface area contributed by atoms with E-state index in [1.165, 1.54) is 0 Å². The number of nitrogens with zero attached hydrogens (tertiary/aromatic N) is 2. The lowest BCUT2D eigenvalue weighted by Gasteiger charge is -2.34. The molecule has 1 fully saturated rings. The molecular weight excluding hydrogens is 321 g/mol. The molecule has 2 rings (SSSR count). The van der Waals surface area contributed by atoms with Crippen LogP contribution in [0.25, 0.3) is 0 Å². The molecule has 0 unspecified atom stereocenters. The number of carbonyl (C=O) groups is 1. The molecule has 1 N–H and O–H groups in total. The number of piperazine rings is 1. The molecule has 0 spiro atoms. The Morgan fingerprint density at radius 3 is 2.55 bits per heavy atom. The van der Waals surface area contributed by atoms with Crippen molar-refractivity contribution in [2.24, 2.45) is 0 Å². The van der Waals surface area contributed by atoms with Crippen LogP contribution in [0.1, 0.15) is 18.9 Å². The van der Waals surface area contributed by atoms with Crippen molar-refractivity contribution in [2.75, 3.05) is 39.3 Å². The standard InChI is InChI=1S/C16H23Cl2N3O/c1-2-6-19-15(22)12-21-9-7-20(8-10-21)11-13-4-3-5-14(17)16(13)18/h3-5H,2,6-12H2,1H3,(H,19,22). The number of benzene rings is 1. The second-order valence-electron chi connectivity index (χ2n) is 5.62. The molecule has 1 heterocycles. The van der Waals surface area contributed by atoms with Crippen LogP contribution in [0.3, 0.4) is 0 Å². The van der Waals surface area contributed by atoms with Crippen LogP contribution in [0.15, 0.2) is 18.2 Å². The van der Waals surface area contributed by atoms with Gasteiger partial charge in [0.15, 0.2) is 0 Å². The van der Waals surface area contributed by atoms with Crippen LogP contribution in [0.4, 0.5) is 0 Å². The van der Waals surface area contributed by atoms with E-state index < -0.39 is 0 Å². The summed E-state index contributed by atoms with van der Waals surface area (Å²) in [6.07, 6.45) is 0.972. The molecule has 1 aliphatic heterocycles. The van der Waals surface area contributed by atoms with Crippen molar-refractivity contribution in [3.05, 3.63) is 33.8 Å². The summed E-state index contributed by atoms with van der Waals surface area (Å²) in [5, 5.41) is 4.16. The highest BCUT2D eigenvalue weighted by atomic mass is 35.5. The molecule has 22 heavy (non-hydrogen) atoms. The van der Waals surface area contributed by atoms with Gasteiger partial charge in [0, 0.05) is 39.3 Å². The number of hydrogen-bond donors (Lipinski definition) is 1. The van der Waals surface area contributed by atoms with Crippen LogP contribution in [0.2, 0.25) is 10.0 Å². The molecule has 0 radical (unpaired) electrons. The summed E-state index contributed by atoms with van der Waals surface area (Å²) < 4.78 is 0. The minimum absolute atomic E-state index is 0.119. The maximum absolute atomic E-state index is 11.7. The fourth-order valence-corrected chi connectivity index (χ4v) is 2.92. The zero-order valence-corrected chi connectivity index (χ0v) is 14.5. The van der Waals surface area contributed by atoms with Crippen LogP contribution >= 0.6 is 23.2 Å². The summed E-state index contributed by atoms with van der Waals surface area (Å²) in [7, 11) is 0. The van der Waals surface area contributed by atoms with Gasteiger partial charge in [-0.2, -0.15) is 0 Å². The van der Waals surface area contributed by atoms with E-state index in [1.54, 1.807) is 6.07 Å². The minimum atomic E-state index is 0.119. The SMILES string of the molecule is CCCNC(=O)CN1CCN(Cc2cccc(Cl)c2Cl)CC1. The Morgan fingerprint density at radius 2 is 1.86 bits per heavy atom. The van der Waals surface area contributed by atoms with Crippen LogP contribution < -0.4 is 5.32 Å². The van der Waals surface area contributed by atoms with Crippen molar-refractivity contribution in [1.29, 1.82) is 0 Å². The Bertz CT molecular complexity index is 502. The third-order valence-electron chi connectivity index (χ3n) is 3.83. The molecule has 122 valence electrons. The highest BCUT2D eigenvalue weighted by Crippen LogP contribution is 2.26. The molecule has 0 atom stereocenters. The average Bonchev–Trinajstić information content (AvgIpc) is 2.51. The summed E-state index contributed by atoms with van der Waals surface area (Å²) in [6.45, 7) is 7.77. The molecule has 1 amide bonds. The monoisotopic (exact) mass is 343 g/mol. The lowest BCUT2D eigenvalue weighted by Crippen LogP contribution is -2.49. The van der Waals surface area contributed by atoms with Crippen LogP contribution in [0, 0.1) is 0 Å². The molecule has 0 aliphatic carbocycles. The fourth-order valence-electron chi connectivity index (χ4n) is 2.54. The first-order chi connectivity index (χ1) is 10.6. The van der Waals surface area contributed by atoms with Gasteiger partial charge in [0.05, 0.1) is 16.6 Å². The molecule has 1 saturated heterocycles. The number of carbonyl (C=O) groups excluding carboxylic acids is 1. The molecular formula is C16H23Cl2N3O. The predicted molar refractivity (Wildman–Crippen MR) is 91.5 cm³/mol. The largest absolute Gasteiger partial charge is 0.355 e. The van der Waals surface area contributed by atoms with Gasteiger partial charge in [-0.25, -0.2) is 0 Å². The van der Waals surface area contributed by atoms with Gasteiger partial charge in [0.25, 0.3) is 0 Å². The van der Waals surface area contributed by atoms with E-state index in [-0.39, 0.29) is 5.91 Å². The van der Waals surface area contributed by atoms with Crippen molar-refractivity contribution in [3.63, 3.8) is 0 Å². The van der Waals surface area contributed by atoms with E-state index in [9.17, 15) is 4.79 Å². The topological polar surface area (TPSA) is 35.6 Å². The van der Waals surface area contributed by atoms with E-state index in [1.807, 2.05) is 12.1 Å². The first-order valence-corrected chi connectivity index (χ1v) is 8.50. The van der Waals surface area contributed by atoms with E-state index in [0.29, 0.717) is 16.6 Å². The van der Waals surface area contributed by atoms with Gasteiger partial charge in [0.2, 0.25) is 5.91 Å². The van der Waals surface area contributed by atoms with E-state index >= 15 is 0 Å². The lowest BCUT2D eigenvalue weighted by atomic mass is 10.2. The molecule has 0 bridgehead atoms. The Hall–Kier alpha value is -0.810. The van der Waals surface area contributed by atoms with Crippen molar-refractivity contribution < 1.29 is 4.79 Å². The molecule has 1 aliphatic rings. The van der Waals surface area contributed by atoms with Crippen LogP contribution in [-0.2, 0) is 11.3 Å². The third-order valence-corrected chi connectivity index (χ3v) is 4.69. The summed E-state index contributed by atoms with van der Waals surface area (Å²) in [5.41, 5.74) is 1.06. The first kappa shape index (κ1) is 17.5. The maximum Gasteiger partial charge on any atom is 0.234 e. The lowest BCUT2D eigenvalue weighted by molar-refractivity contribution is -0.122. The second kappa shape index (κ2) is 8.73. The fraction of sp³-hybridized carbons (Fsp3) is 0.562. The number of hydrogen-bond acceptors (Lipinski definition) is 3. The maximum atomic E-state index is 11.7. The second-order valence-corrected chi connectivity index (χ2v) is 6.40. The molecule has 0 saturated carbocycles. The molecule has 0 aromatic heterocycles. The highest BCUT2D eigenvalue weighted by Gasteiger charge is 2.19. The molecule has 1 aromatic rings. The Labute approximate surface area is 142 Å². The van der Waals surface area contributed by atoms with Crippen molar-refractivity contribution in [3.8, 4) is 0 Å². The first-order valence-electron chi connectivity index (χ1n) is 7.74. The average molecular weight is 344 g/mol. The van der Waals surface area contributed by atoms with Gasteiger partial charge >= 0.3 is 0 Å². The van der Waals surface area contributed by atoms with Gasteiger partial charge in [0.1, 0.15) is 0 Å². The Morgan fingerprint density at radius 1 is 1.18 bits per heavy atom. The predicted octanol–water partition coefficient (Wildman–Crippen LogP) is 2.64. The van der Waals surface area contributed by atoms with Gasteiger partial charge < -0.3 is 5.32 Å². The van der Waals surface area contributed by atoms with Gasteiger partial charge in [-0.3, -0.25) is 14.6 Å². The highest BCUT2D eigenvalue weighted by molar-refractivity contribution is 6.42. The summed E-state index contributed by atoms with van der Waals surface area (Å²) in [5.74, 6) is 0.119. The number of halogens is 2. The van der Waals surface area contributed by atoms with E-state index in [0.717, 1.165) is 51.3 Å². The quantitative estimate of drug-likeness (QED) is 0.862. The van der Waals surface area contributed by atoms with Gasteiger partial charge in [-0.1, -0.05) is 42.3 Å². The van der Waals surface area contributed by atoms with Gasteiger partial charge in [-0.05, 0) is 18.1 Å². The Balaban J connectivity index is 1.77. The summed E-state index contributed by atoms with van der Waals surface area (Å²) >= 11 is 12.3. The smallest absolute Gasteiger partial charge is 0.234 e. The van der Waals surface area contributed by atoms with E-state index in [4.69, 9.17) is 23.2 Å². The van der Waals surface area contributed by atoms with Crippen LogP contribution in [0.5, 0.6) is 0 Å². The molecule has 1 aromatic carbocycles.